The van der Waals surface area contributed by atoms with Crippen LogP contribution in [-0.4, -0.2) is 41.2 Å². The Bertz CT molecular complexity index is 747. The average molecular weight is 349 g/mol. The first kappa shape index (κ1) is 15.9. The van der Waals surface area contributed by atoms with E-state index in [1.807, 2.05) is 24.3 Å². The molecule has 0 N–H and O–H groups in total. The van der Waals surface area contributed by atoms with Gasteiger partial charge in [-0.3, -0.25) is 0 Å². The van der Waals surface area contributed by atoms with Gasteiger partial charge in [-0.1, -0.05) is 0 Å². The molecular weight excluding hydrogens is 326 g/mol. The summed E-state index contributed by atoms with van der Waals surface area (Å²) in [5.74, 6) is 0.748. The van der Waals surface area contributed by atoms with E-state index in [1.54, 1.807) is 14.9 Å². The topological polar surface area (TPSA) is 58.7 Å². The van der Waals surface area contributed by atoms with Crippen LogP contribution in [0.3, 0.4) is 0 Å². The van der Waals surface area contributed by atoms with Crippen molar-refractivity contribution in [2.24, 2.45) is 0 Å². The van der Waals surface area contributed by atoms with Gasteiger partial charge in [-0.15, -0.1) is 0 Å². The molecule has 0 saturated carbocycles. The van der Waals surface area contributed by atoms with Crippen LogP contribution in [0.4, 0.5) is 0 Å². The monoisotopic (exact) mass is 349 g/mol. The maximum atomic E-state index is 13.1. The molecule has 24 heavy (non-hydrogen) atoms. The Morgan fingerprint density at radius 1 is 1.00 bits per heavy atom. The molecule has 7 heteroatoms. The lowest BCUT2D eigenvalue weighted by Crippen LogP contribution is -2.47. The fourth-order valence-corrected chi connectivity index (χ4v) is 5.75. The molecule has 0 radical (unpaired) electrons. The van der Waals surface area contributed by atoms with E-state index < -0.39 is 10.2 Å². The molecule has 6 nitrogen and oxygen atoms in total. The fourth-order valence-electron chi connectivity index (χ4n) is 3.89. The Kier molecular flexibility index (Phi) is 4.24. The van der Waals surface area contributed by atoms with Crippen molar-refractivity contribution >= 4 is 10.2 Å². The Hall–Kier alpha value is -1.57. The highest BCUT2D eigenvalue weighted by molar-refractivity contribution is 7.86. The summed E-state index contributed by atoms with van der Waals surface area (Å²) in [6.45, 7) is 1.73. The van der Waals surface area contributed by atoms with Crippen LogP contribution >= 0.6 is 0 Å². The van der Waals surface area contributed by atoms with E-state index in [4.69, 9.17) is 4.42 Å². The van der Waals surface area contributed by atoms with Gasteiger partial charge in [0.2, 0.25) is 0 Å². The maximum Gasteiger partial charge on any atom is 0.282 e. The predicted molar refractivity (Wildman–Crippen MR) is 90.6 cm³/mol. The lowest BCUT2D eigenvalue weighted by molar-refractivity contribution is 0.245. The van der Waals surface area contributed by atoms with Crippen molar-refractivity contribution in [1.82, 2.24) is 13.2 Å². The molecule has 2 fully saturated rings. The lowest BCUT2D eigenvalue weighted by atomic mass is 10.1. The van der Waals surface area contributed by atoms with Gasteiger partial charge in [-0.2, -0.15) is 17.0 Å². The normalized spacial score (nSPS) is 24.6. The highest BCUT2D eigenvalue weighted by Gasteiger charge is 2.41. The van der Waals surface area contributed by atoms with Crippen LogP contribution in [0.2, 0.25) is 0 Å². The van der Waals surface area contributed by atoms with Gasteiger partial charge in [0.05, 0.1) is 12.3 Å². The minimum atomic E-state index is -3.43. The molecule has 1 atom stereocenters. The van der Waals surface area contributed by atoms with E-state index in [1.165, 1.54) is 0 Å². The summed E-state index contributed by atoms with van der Waals surface area (Å²) < 4.78 is 37.1. The largest absolute Gasteiger partial charge is 0.468 e. The summed E-state index contributed by atoms with van der Waals surface area (Å²) in [6.07, 6.45) is 9.14. The zero-order chi connectivity index (χ0) is 16.6. The van der Waals surface area contributed by atoms with Crippen LogP contribution in [0.15, 0.2) is 47.3 Å². The minimum Gasteiger partial charge on any atom is -0.468 e. The highest BCUT2D eigenvalue weighted by Crippen LogP contribution is 2.36. The second kappa shape index (κ2) is 6.38. The third-order valence-electron chi connectivity index (χ3n) is 5.17. The van der Waals surface area contributed by atoms with E-state index in [-0.39, 0.29) is 6.04 Å². The van der Waals surface area contributed by atoms with Crippen molar-refractivity contribution in [3.63, 3.8) is 0 Å². The second-order valence-electron chi connectivity index (χ2n) is 6.55. The number of furan rings is 1. The van der Waals surface area contributed by atoms with Gasteiger partial charge >= 0.3 is 0 Å². The van der Waals surface area contributed by atoms with E-state index in [2.05, 4.69) is 17.0 Å². The lowest BCUT2D eigenvalue weighted by Gasteiger charge is -2.35. The predicted octanol–water partition coefficient (Wildman–Crippen LogP) is 2.80. The molecule has 2 saturated heterocycles. The van der Waals surface area contributed by atoms with Crippen LogP contribution in [0, 0.1) is 0 Å². The molecule has 2 aromatic heterocycles. The van der Waals surface area contributed by atoms with Crippen LogP contribution in [0.25, 0.3) is 0 Å². The SMILES string of the molecule is O=S(=O)(N1CCC(n2cccc2)CC1)N1CCC[C@@H]1c1ccco1. The summed E-state index contributed by atoms with van der Waals surface area (Å²) in [5.41, 5.74) is 0. The summed E-state index contributed by atoms with van der Waals surface area (Å²) in [6, 6.07) is 7.96. The second-order valence-corrected chi connectivity index (χ2v) is 8.43. The van der Waals surface area contributed by atoms with Crippen molar-refractivity contribution in [1.29, 1.82) is 0 Å². The first-order valence-corrected chi connectivity index (χ1v) is 9.99. The summed E-state index contributed by atoms with van der Waals surface area (Å²) in [5, 5.41) is 0. The molecule has 0 aromatic carbocycles. The van der Waals surface area contributed by atoms with Crippen LogP contribution in [-0.2, 0) is 10.2 Å². The zero-order valence-corrected chi connectivity index (χ0v) is 14.4. The molecule has 0 amide bonds. The standard InChI is InChI=1S/C17H23N3O3S/c21-24(22,20-11-3-5-16(20)17-6-4-14-23-17)19-12-7-15(8-13-19)18-9-1-2-10-18/h1-2,4,6,9-10,14-16H,3,5,7-8,11-13H2/t16-/m1/s1. The molecule has 0 unspecified atom stereocenters. The van der Waals surface area contributed by atoms with Gasteiger partial charge in [0.1, 0.15) is 5.76 Å². The third-order valence-corrected chi connectivity index (χ3v) is 7.22. The smallest absolute Gasteiger partial charge is 0.282 e. The molecule has 2 aliphatic heterocycles. The van der Waals surface area contributed by atoms with Crippen LogP contribution in [0.5, 0.6) is 0 Å². The average Bonchev–Trinajstić information content (AvgIpc) is 3.36. The van der Waals surface area contributed by atoms with Gasteiger partial charge in [0.25, 0.3) is 10.2 Å². The van der Waals surface area contributed by atoms with Crippen LogP contribution < -0.4 is 0 Å². The first-order valence-electron chi connectivity index (χ1n) is 8.59. The summed E-state index contributed by atoms with van der Waals surface area (Å²) in [7, 11) is -3.43. The zero-order valence-electron chi connectivity index (χ0n) is 13.6. The number of aromatic nitrogens is 1. The Balaban J connectivity index is 1.47. The molecule has 4 rings (SSSR count). The number of piperidine rings is 1. The van der Waals surface area contributed by atoms with Crippen molar-refractivity contribution in [3.05, 3.63) is 48.7 Å². The van der Waals surface area contributed by atoms with E-state index in [0.29, 0.717) is 25.7 Å². The molecule has 2 aromatic rings. The molecule has 0 aliphatic carbocycles. The van der Waals surface area contributed by atoms with Crippen molar-refractivity contribution in [2.45, 2.75) is 37.8 Å². The number of hydrogen-bond donors (Lipinski definition) is 0. The molecule has 4 heterocycles. The maximum absolute atomic E-state index is 13.1. The van der Waals surface area contributed by atoms with Gasteiger partial charge in [-0.05, 0) is 49.9 Å². The first-order chi connectivity index (χ1) is 11.7. The number of nitrogens with zero attached hydrogens (tertiary/aromatic N) is 3. The Morgan fingerprint density at radius 2 is 1.75 bits per heavy atom. The van der Waals surface area contributed by atoms with Crippen LogP contribution in [0.1, 0.15) is 43.5 Å². The van der Waals surface area contributed by atoms with E-state index in [9.17, 15) is 8.42 Å². The molecule has 130 valence electrons. The van der Waals surface area contributed by atoms with Gasteiger partial charge in [-0.25, -0.2) is 0 Å². The quantitative estimate of drug-likeness (QED) is 0.853. The van der Waals surface area contributed by atoms with Gasteiger partial charge < -0.3 is 8.98 Å². The number of hydrogen-bond acceptors (Lipinski definition) is 3. The van der Waals surface area contributed by atoms with Crippen molar-refractivity contribution < 1.29 is 12.8 Å². The highest BCUT2D eigenvalue weighted by atomic mass is 32.2. The van der Waals surface area contributed by atoms with E-state index >= 15 is 0 Å². The minimum absolute atomic E-state index is 0.160. The molecule has 0 bridgehead atoms. The Labute approximate surface area is 142 Å². The third kappa shape index (κ3) is 2.81. The summed E-state index contributed by atoms with van der Waals surface area (Å²) in [4.78, 5) is 0. The molecular formula is C17H23N3O3S. The Morgan fingerprint density at radius 3 is 2.42 bits per heavy atom. The molecule has 0 spiro atoms. The van der Waals surface area contributed by atoms with Gasteiger partial charge in [0, 0.05) is 38.1 Å². The summed E-state index contributed by atoms with van der Waals surface area (Å²) >= 11 is 0. The molecule has 2 aliphatic rings. The van der Waals surface area contributed by atoms with Crippen molar-refractivity contribution in [2.75, 3.05) is 19.6 Å². The van der Waals surface area contributed by atoms with E-state index in [0.717, 1.165) is 31.4 Å². The van der Waals surface area contributed by atoms with Crippen molar-refractivity contribution in [3.8, 4) is 0 Å². The van der Waals surface area contributed by atoms with Gasteiger partial charge in [0.15, 0.2) is 0 Å². The number of rotatable bonds is 4. The fraction of sp³-hybridized carbons (Fsp3) is 0.529.